The van der Waals surface area contributed by atoms with Gasteiger partial charge in [-0.05, 0) is 31.5 Å². The summed E-state index contributed by atoms with van der Waals surface area (Å²) >= 11 is 0. The Bertz CT molecular complexity index is 444. The average molecular weight is 256 g/mol. The zero-order valence-electron chi connectivity index (χ0n) is 10.1. The van der Waals surface area contributed by atoms with E-state index in [1.54, 1.807) is 18.2 Å². The molecule has 96 valence electrons. The molecule has 0 amide bonds. The minimum atomic E-state index is -3.16. The molecule has 0 atom stereocenters. The summed E-state index contributed by atoms with van der Waals surface area (Å²) in [5.74, 6) is 0. The second-order valence-electron chi connectivity index (χ2n) is 4.04. The minimum absolute atomic E-state index is 0.360. The number of nitrogens with one attached hydrogen (secondary N) is 1. The number of hydrogen-bond donors (Lipinski definition) is 2. The number of benzene rings is 1. The maximum atomic E-state index is 11.5. The molecule has 0 saturated carbocycles. The summed E-state index contributed by atoms with van der Waals surface area (Å²) in [4.78, 5) is 0.360. The zero-order valence-corrected chi connectivity index (χ0v) is 11.0. The predicted molar refractivity (Wildman–Crippen MR) is 70.9 cm³/mol. The molecule has 1 aromatic carbocycles. The van der Waals surface area contributed by atoms with E-state index in [4.69, 9.17) is 5.73 Å². The highest BCUT2D eigenvalue weighted by Gasteiger charge is 2.11. The fourth-order valence-electron chi connectivity index (χ4n) is 1.61. The number of sulfone groups is 1. The Hall–Kier alpha value is -1.07. The van der Waals surface area contributed by atoms with Crippen molar-refractivity contribution in [3.05, 3.63) is 24.3 Å². The molecule has 17 heavy (non-hydrogen) atoms. The molecule has 0 saturated heterocycles. The van der Waals surface area contributed by atoms with E-state index < -0.39 is 9.84 Å². The Morgan fingerprint density at radius 2 is 1.88 bits per heavy atom. The molecule has 4 nitrogen and oxygen atoms in total. The van der Waals surface area contributed by atoms with Crippen LogP contribution in [0.1, 0.15) is 19.3 Å². The Morgan fingerprint density at radius 3 is 2.53 bits per heavy atom. The van der Waals surface area contributed by atoms with Gasteiger partial charge in [0.1, 0.15) is 0 Å². The lowest BCUT2D eigenvalue weighted by molar-refractivity contribution is 0.602. The average Bonchev–Trinajstić information content (AvgIpc) is 2.28. The van der Waals surface area contributed by atoms with Crippen molar-refractivity contribution in [1.82, 2.24) is 0 Å². The van der Waals surface area contributed by atoms with Crippen LogP contribution in [0.4, 0.5) is 5.69 Å². The first-order chi connectivity index (χ1) is 8.05. The fourth-order valence-corrected chi connectivity index (χ4v) is 2.47. The van der Waals surface area contributed by atoms with Gasteiger partial charge in [-0.15, -0.1) is 0 Å². The van der Waals surface area contributed by atoms with Crippen molar-refractivity contribution >= 4 is 15.5 Å². The maximum Gasteiger partial charge on any atom is 0.177 e. The van der Waals surface area contributed by atoms with Crippen LogP contribution >= 0.6 is 0 Å². The van der Waals surface area contributed by atoms with Crippen LogP contribution in [0.25, 0.3) is 0 Å². The van der Waals surface area contributed by atoms with Gasteiger partial charge in [0.25, 0.3) is 0 Å². The van der Waals surface area contributed by atoms with Gasteiger partial charge >= 0.3 is 0 Å². The largest absolute Gasteiger partial charge is 0.384 e. The van der Waals surface area contributed by atoms with Crippen LogP contribution in [0.2, 0.25) is 0 Å². The highest BCUT2D eigenvalue weighted by atomic mass is 32.2. The van der Waals surface area contributed by atoms with Gasteiger partial charge in [0.05, 0.1) is 10.6 Å². The van der Waals surface area contributed by atoms with Crippen LogP contribution in [0, 0.1) is 0 Å². The molecule has 0 heterocycles. The second-order valence-corrected chi connectivity index (χ2v) is 6.03. The highest BCUT2D eigenvalue weighted by Crippen LogP contribution is 2.20. The van der Waals surface area contributed by atoms with E-state index in [-0.39, 0.29) is 0 Å². The number of hydrogen-bond acceptors (Lipinski definition) is 4. The van der Waals surface area contributed by atoms with Crippen molar-refractivity contribution in [1.29, 1.82) is 0 Å². The van der Waals surface area contributed by atoms with Crippen molar-refractivity contribution in [3.63, 3.8) is 0 Å². The third-order valence-electron chi connectivity index (χ3n) is 2.48. The Labute approximate surface area is 103 Å². The van der Waals surface area contributed by atoms with Crippen molar-refractivity contribution in [2.75, 3.05) is 24.7 Å². The molecule has 3 N–H and O–H groups in total. The molecule has 1 rings (SSSR count). The molecule has 0 spiro atoms. The number of nitrogens with two attached hydrogens (primary N) is 1. The van der Waals surface area contributed by atoms with Crippen molar-refractivity contribution in [2.24, 2.45) is 5.73 Å². The summed E-state index contributed by atoms with van der Waals surface area (Å²) in [6.45, 7) is 1.48. The molecule has 0 aliphatic carbocycles. The maximum absolute atomic E-state index is 11.5. The van der Waals surface area contributed by atoms with Crippen molar-refractivity contribution in [2.45, 2.75) is 24.2 Å². The molecule has 0 fully saturated rings. The summed E-state index contributed by atoms with van der Waals surface area (Å²) < 4.78 is 23.1. The van der Waals surface area contributed by atoms with Gasteiger partial charge in [-0.25, -0.2) is 8.42 Å². The molecule has 0 radical (unpaired) electrons. The van der Waals surface area contributed by atoms with E-state index in [2.05, 4.69) is 5.32 Å². The first-order valence-corrected chi connectivity index (χ1v) is 7.68. The van der Waals surface area contributed by atoms with Crippen molar-refractivity contribution < 1.29 is 8.42 Å². The normalized spacial score (nSPS) is 11.4. The topological polar surface area (TPSA) is 72.2 Å². The molecule has 1 aromatic rings. The lowest BCUT2D eigenvalue weighted by atomic mass is 10.2. The van der Waals surface area contributed by atoms with Crippen LogP contribution in [-0.4, -0.2) is 27.8 Å². The summed E-state index contributed by atoms with van der Waals surface area (Å²) in [6.07, 6.45) is 4.29. The molecular weight excluding hydrogens is 236 g/mol. The zero-order chi connectivity index (χ0) is 12.7. The van der Waals surface area contributed by atoms with E-state index in [1.165, 1.54) is 6.26 Å². The van der Waals surface area contributed by atoms with E-state index >= 15 is 0 Å². The van der Waals surface area contributed by atoms with Crippen LogP contribution in [0.5, 0.6) is 0 Å². The summed E-state index contributed by atoms with van der Waals surface area (Å²) in [5.41, 5.74) is 6.09. The van der Waals surface area contributed by atoms with Crippen molar-refractivity contribution in [3.8, 4) is 0 Å². The molecular formula is C12H20N2O2S. The second kappa shape index (κ2) is 6.61. The Kier molecular flexibility index (Phi) is 5.44. The fraction of sp³-hybridized carbons (Fsp3) is 0.500. The Morgan fingerprint density at radius 1 is 1.18 bits per heavy atom. The molecule has 0 unspecified atom stereocenters. The number of rotatable bonds is 7. The summed E-state index contributed by atoms with van der Waals surface area (Å²) in [7, 11) is -3.16. The Balaban J connectivity index is 2.59. The summed E-state index contributed by atoms with van der Waals surface area (Å²) in [5, 5.41) is 3.16. The molecule has 0 bridgehead atoms. The molecule has 0 aromatic heterocycles. The van der Waals surface area contributed by atoms with E-state index in [9.17, 15) is 8.42 Å². The number of unbranched alkanes of at least 4 members (excludes halogenated alkanes) is 2. The number of para-hydroxylation sites is 1. The van der Waals surface area contributed by atoms with Gasteiger partial charge in [-0.3, -0.25) is 0 Å². The van der Waals surface area contributed by atoms with Crippen LogP contribution in [-0.2, 0) is 9.84 Å². The summed E-state index contributed by atoms with van der Waals surface area (Å²) in [6, 6.07) is 6.98. The quantitative estimate of drug-likeness (QED) is 0.727. The van der Waals surface area contributed by atoms with E-state index in [1.807, 2.05) is 6.07 Å². The van der Waals surface area contributed by atoms with Gasteiger partial charge < -0.3 is 11.1 Å². The predicted octanol–water partition coefficient (Wildman–Crippen LogP) is 1.63. The first-order valence-electron chi connectivity index (χ1n) is 5.78. The first kappa shape index (κ1) is 14.0. The van der Waals surface area contributed by atoms with Crippen LogP contribution in [0.15, 0.2) is 29.2 Å². The van der Waals surface area contributed by atoms with Gasteiger partial charge in [0, 0.05) is 12.8 Å². The lowest BCUT2D eigenvalue weighted by Crippen LogP contribution is -2.08. The molecule has 0 aliphatic rings. The lowest BCUT2D eigenvalue weighted by Gasteiger charge is -2.10. The van der Waals surface area contributed by atoms with E-state index in [0.717, 1.165) is 25.8 Å². The van der Waals surface area contributed by atoms with Crippen LogP contribution in [0.3, 0.4) is 0 Å². The van der Waals surface area contributed by atoms with Gasteiger partial charge in [-0.1, -0.05) is 18.6 Å². The van der Waals surface area contributed by atoms with Gasteiger partial charge in [0.15, 0.2) is 9.84 Å². The minimum Gasteiger partial charge on any atom is -0.384 e. The molecule has 5 heteroatoms. The van der Waals surface area contributed by atoms with Gasteiger partial charge in [-0.2, -0.15) is 0 Å². The molecule has 0 aliphatic heterocycles. The highest BCUT2D eigenvalue weighted by molar-refractivity contribution is 7.90. The van der Waals surface area contributed by atoms with E-state index in [0.29, 0.717) is 17.1 Å². The smallest absolute Gasteiger partial charge is 0.177 e. The third-order valence-corrected chi connectivity index (χ3v) is 3.64. The standard InChI is InChI=1S/C12H20N2O2S/c1-17(15,16)12-8-4-3-7-11(12)14-10-6-2-5-9-13/h3-4,7-8,14H,2,5-6,9-10,13H2,1H3. The third kappa shape index (κ3) is 4.75. The SMILES string of the molecule is CS(=O)(=O)c1ccccc1NCCCCCN. The van der Waals surface area contributed by atoms with Crippen LogP contribution < -0.4 is 11.1 Å². The van der Waals surface area contributed by atoms with Gasteiger partial charge in [0.2, 0.25) is 0 Å². The monoisotopic (exact) mass is 256 g/mol. The number of anilines is 1.